The minimum atomic E-state index is 0.514. The lowest BCUT2D eigenvalue weighted by Gasteiger charge is -2.07. The Morgan fingerprint density at radius 3 is 2.52 bits per heavy atom. The molecule has 0 bridgehead atoms. The minimum absolute atomic E-state index is 0.514. The van der Waals surface area contributed by atoms with Gasteiger partial charge in [-0.05, 0) is 36.8 Å². The van der Waals surface area contributed by atoms with Gasteiger partial charge >= 0.3 is 0 Å². The summed E-state index contributed by atoms with van der Waals surface area (Å²) in [5.41, 5.74) is 2.10. The molecule has 0 saturated heterocycles. The van der Waals surface area contributed by atoms with E-state index in [4.69, 9.17) is 4.42 Å². The van der Waals surface area contributed by atoms with E-state index in [0.717, 1.165) is 27.6 Å². The third-order valence-corrected chi connectivity index (χ3v) is 5.45. The highest BCUT2D eigenvalue weighted by molar-refractivity contribution is 9.10. The topological polar surface area (TPSA) is 69.6 Å². The Kier molecular flexibility index (Phi) is 5.35. The molecule has 0 radical (unpaired) electrons. The molecule has 0 spiro atoms. The molecule has 4 rings (SSSR count). The van der Waals surface area contributed by atoms with Crippen molar-refractivity contribution in [3.8, 4) is 11.5 Å². The van der Waals surface area contributed by atoms with E-state index in [-0.39, 0.29) is 0 Å². The molecule has 0 atom stereocenters. The quantitative estimate of drug-likeness (QED) is 0.402. The maximum absolute atomic E-state index is 5.78. The van der Waals surface area contributed by atoms with E-state index in [0.29, 0.717) is 17.5 Å². The van der Waals surface area contributed by atoms with Gasteiger partial charge in [-0.3, -0.25) is 0 Å². The highest BCUT2D eigenvalue weighted by Gasteiger charge is 2.13. The lowest BCUT2D eigenvalue weighted by Crippen LogP contribution is -2.03. The molecule has 27 heavy (non-hydrogen) atoms. The Morgan fingerprint density at radius 2 is 1.74 bits per heavy atom. The summed E-state index contributed by atoms with van der Waals surface area (Å²) in [6.07, 6.45) is 0. The van der Waals surface area contributed by atoms with Gasteiger partial charge in [0.2, 0.25) is 11.8 Å². The third-order valence-electron chi connectivity index (χ3n) is 3.97. The second-order valence-electron chi connectivity index (χ2n) is 5.90. The van der Waals surface area contributed by atoms with E-state index in [1.54, 1.807) is 0 Å². The molecular formula is C19H16BrN5OS. The van der Waals surface area contributed by atoms with Gasteiger partial charge in [-0.15, -0.1) is 20.4 Å². The Bertz CT molecular complexity index is 1030. The van der Waals surface area contributed by atoms with Gasteiger partial charge in [0.05, 0.1) is 12.3 Å². The third kappa shape index (κ3) is 4.28. The zero-order valence-corrected chi connectivity index (χ0v) is 16.9. The van der Waals surface area contributed by atoms with E-state index in [1.165, 1.54) is 17.3 Å². The second-order valence-corrected chi connectivity index (χ2v) is 7.76. The molecule has 4 aromatic rings. The molecule has 0 saturated carbocycles. The average Bonchev–Trinajstić information content (AvgIpc) is 3.29. The molecule has 0 unspecified atom stereocenters. The molecule has 2 aromatic carbocycles. The first-order chi connectivity index (χ1) is 13.2. The van der Waals surface area contributed by atoms with E-state index >= 15 is 0 Å². The van der Waals surface area contributed by atoms with Crippen molar-refractivity contribution in [2.45, 2.75) is 24.4 Å². The maximum atomic E-state index is 5.78. The van der Waals surface area contributed by atoms with Crippen LogP contribution in [0, 0.1) is 6.92 Å². The van der Waals surface area contributed by atoms with Gasteiger partial charge in [0.1, 0.15) is 5.82 Å². The molecule has 2 aromatic heterocycles. The number of nitrogens with zero attached hydrogens (tertiary/aromatic N) is 5. The fraction of sp³-hybridized carbons (Fsp3) is 0.158. The van der Waals surface area contributed by atoms with E-state index in [1.807, 2.05) is 49.4 Å². The Hall–Kier alpha value is -2.45. The summed E-state index contributed by atoms with van der Waals surface area (Å²) < 4.78 is 8.88. The van der Waals surface area contributed by atoms with Crippen molar-refractivity contribution in [2.24, 2.45) is 0 Å². The fourth-order valence-corrected chi connectivity index (χ4v) is 3.65. The van der Waals surface area contributed by atoms with Crippen molar-refractivity contribution in [1.82, 2.24) is 25.0 Å². The van der Waals surface area contributed by atoms with Crippen molar-refractivity contribution in [2.75, 3.05) is 0 Å². The van der Waals surface area contributed by atoms with Crippen LogP contribution >= 0.6 is 27.7 Å². The number of hydrogen-bond acceptors (Lipinski definition) is 6. The van der Waals surface area contributed by atoms with Crippen molar-refractivity contribution >= 4 is 27.7 Å². The Balaban J connectivity index is 1.46. The normalized spacial score (nSPS) is 11.0. The Morgan fingerprint density at radius 1 is 0.963 bits per heavy atom. The van der Waals surface area contributed by atoms with Gasteiger partial charge < -0.3 is 8.98 Å². The van der Waals surface area contributed by atoms with Gasteiger partial charge in [0, 0.05) is 10.0 Å². The molecular weight excluding hydrogens is 426 g/mol. The smallest absolute Gasteiger partial charge is 0.247 e. The van der Waals surface area contributed by atoms with Crippen LogP contribution in [-0.2, 0) is 12.3 Å². The number of aromatic nitrogens is 5. The van der Waals surface area contributed by atoms with Gasteiger partial charge in [-0.1, -0.05) is 58.0 Å². The largest absolute Gasteiger partial charge is 0.420 e. The van der Waals surface area contributed by atoms with Crippen LogP contribution in [0.4, 0.5) is 0 Å². The number of benzene rings is 2. The van der Waals surface area contributed by atoms with Crippen molar-refractivity contribution in [3.05, 3.63) is 76.3 Å². The van der Waals surface area contributed by atoms with Crippen LogP contribution in [0.15, 0.2) is 68.6 Å². The molecule has 0 N–H and O–H groups in total. The van der Waals surface area contributed by atoms with Crippen LogP contribution in [0.2, 0.25) is 0 Å². The highest BCUT2D eigenvalue weighted by Crippen LogP contribution is 2.25. The Labute approximate surface area is 169 Å². The predicted molar refractivity (Wildman–Crippen MR) is 107 cm³/mol. The van der Waals surface area contributed by atoms with Crippen LogP contribution < -0.4 is 0 Å². The highest BCUT2D eigenvalue weighted by atomic mass is 79.9. The summed E-state index contributed by atoms with van der Waals surface area (Å²) in [5, 5.41) is 17.6. The zero-order chi connectivity index (χ0) is 18.6. The molecule has 136 valence electrons. The van der Waals surface area contributed by atoms with Crippen LogP contribution in [0.1, 0.15) is 17.3 Å². The van der Waals surface area contributed by atoms with Crippen LogP contribution in [-0.4, -0.2) is 25.0 Å². The molecule has 0 fully saturated rings. The molecule has 0 aliphatic heterocycles. The van der Waals surface area contributed by atoms with E-state index in [2.05, 4.69) is 53.0 Å². The summed E-state index contributed by atoms with van der Waals surface area (Å²) in [6.45, 7) is 2.69. The number of hydrogen-bond donors (Lipinski definition) is 0. The first kappa shape index (κ1) is 17.9. The number of aryl methyl sites for hydroxylation is 1. The van der Waals surface area contributed by atoms with Gasteiger partial charge in [-0.25, -0.2) is 0 Å². The van der Waals surface area contributed by atoms with Gasteiger partial charge in [0.25, 0.3) is 0 Å². The van der Waals surface area contributed by atoms with Crippen LogP contribution in [0.25, 0.3) is 11.5 Å². The summed E-state index contributed by atoms with van der Waals surface area (Å²) in [7, 11) is 0. The SMILES string of the molecule is Cc1nnc(SCc2nnc(-c3ccc(Br)cc3)o2)n1Cc1ccccc1. The molecule has 6 nitrogen and oxygen atoms in total. The van der Waals surface area contributed by atoms with Crippen molar-refractivity contribution in [1.29, 1.82) is 0 Å². The van der Waals surface area contributed by atoms with Crippen molar-refractivity contribution < 1.29 is 4.42 Å². The first-order valence-electron chi connectivity index (χ1n) is 8.34. The van der Waals surface area contributed by atoms with Crippen LogP contribution in [0.3, 0.4) is 0 Å². The predicted octanol–water partition coefficient (Wildman–Crippen LogP) is 4.74. The molecule has 0 aliphatic rings. The maximum Gasteiger partial charge on any atom is 0.247 e. The number of thioether (sulfide) groups is 1. The van der Waals surface area contributed by atoms with E-state index < -0.39 is 0 Å². The standard InChI is InChI=1S/C19H16BrN5OS/c1-13-21-24-19(25(13)11-14-5-3-2-4-6-14)27-12-17-22-23-18(26-17)15-7-9-16(20)10-8-15/h2-10H,11-12H2,1H3. The fourth-order valence-electron chi connectivity index (χ4n) is 2.56. The summed E-state index contributed by atoms with van der Waals surface area (Å²) in [4.78, 5) is 0. The van der Waals surface area contributed by atoms with E-state index in [9.17, 15) is 0 Å². The first-order valence-corrected chi connectivity index (χ1v) is 10.1. The summed E-state index contributed by atoms with van der Waals surface area (Å²) in [5.74, 6) is 2.49. The summed E-state index contributed by atoms with van der Waals surface area (Å²) >= 11 is 4.96. The van der Waals surface area contributed by atoms with Crippen LogP contribution in [0.5, 0.6) is 0 Å². The molecule has 2 heterocycles. The van der Waals surface area contributed by atoms with Gasteiger partial charge in [-0.2, -0.15) is 0 Å². The lowest BCUT2D eigenvalue weighted by atomic mass is 10.2. The second kappa shape index (κ2) is 8.06. The minimum Gasteiger partial charge on any atom is -0.420 e. The zero-order valence-electron chi connectivity index (χ0n) is 14.5. The number of rotatable bonds is 6. The number of halogens is 1. The molecule has 0 aliphatic carbocycles. The van der Waals surface area contributed by atoms with Crippen molar-refractivity contribution in [3.63, 3.8) is 0 Å². The molecule has 8 heteroatoms. The monoisotopic (exact) mass is 441 g/mol. The van der Waals surface area contributed by atoms with Gasteiger partial charge in [0.15, 0.2) is 5.16 Å². The molecule has 0 amide bonds. The summed E-state index contributed by atoms with van der Waals surface area (Å²) in [6, 6.07) is 18.0. The lowest BCUT2D eigenvalue weighted by molar-refractivity contribution is 0.528. The average molecular weight is 442 g/mol.